The Bertz CT molecular complexity index is 652. The highest BCUT2D eigenvalue weighted by Gasteiger charge is 2.05. The Morgan fingerprint density at radius 3 is 2.81 bits per heavy atom. The van der Waals surface area contributed by atoms with Gasteiger partial charge in [0.15, 0.2) is 0 Å². The van der Waals surface area contributed by atoms with E-state index in [1.165, 1.54) is 6.07 Å². The number of hydrogen-bond donors (Lipinski definition) is 2. The SMILES string of the molecule is CC(C)CNCc1cc(=O)[nH]c(Cc2ccccc2Cl)n1. The number of halogens is 1. The van der Waals surface area contributed by atoms with Crippen molar-refractivity contribution in [1.29, 1.82) is 0 Å². The van der Waals surface area contributed by atoms with Crippen LogP contribution < -0.4 is 10.9 Å². The van der Waals surface area contributed by atoms with E-state index in [1.54, 1.807) is 0 Å². The zero-order chi connectivity index (χ0) is 15.2. The number of aromatic amines is 1. The summed E-state index contributed by atoms with van der Waals surface area (Å²) in [6, 6.07) is 9.11. The average molecular weight is 306 g/mol. The van der Waals surface area contributed by atoms with Crippen LogP contribution in [0.3, 0.4) is 0 Å². The van der Waals surface area contributed by atoms with Gasteiger partial charge in [-0.25, -0.2) is 4.98 Å². The third-order valence-corrected chi connectivity index (χ3v) is 3.39. The van der Waals surface area contributed by atoms with Gasteiger partial charge in [-0.15, -0.1) is 0 Å². The van der Waals surface area contributed by atoms with Gasteiger partial charge in [0.05, 0.1) is 5.69 Å². The Labute approximate surface area is 129 Å². The molecule has 0 spiro atoms. The van der Waals surface area contributed by atoms with Crippen LogP contribution in [0.15, 0.2) is 35.1 Å². The van der Waals surface area contributed by atoms with E-state index in [0.29, 0.717) is 29.7 Å². The second-order valence-electron chi connectivity index (χ2n) is 5.48. The van der Waals surface area contributed by atoms with Crippen molar-refractivity contribution in [2.75, 3.05) is 6.54 Å². The van der Waals surface area contributed by atoms with Gasteiger partial charge < -0.3 is 10.3 Å². The standard InChI is InChI=1S/C16H20ClN3O/c1-11(2)9-18-10-13-8-16(21)20-15(19-13)7-12-5-3-4-6-14(12)17/h3-6,8,11,18H,7,9-10H2,1-2H3,(H,19,20,21). The van der Waals surface area contributed by atoms with Gasteiger partial charge in [0.1, 0.15) is 5.82 Å². The van der Waals surface area contributed by atoms with Gasteiger partial charge in [-0.2, -0.15) is 0 Å². The summed E-state index contributed by atoms with van der Waals surface area (Å²) in [4.78, 5) is 19.0. The molecule has 5 heteroatoms. The normalized spacial score (nSPS) is 11.0. The largest absolute Gasteiger partial charge is 0.311 e. The topological polar surface area (TPSA) is 57.8 Å². The van der Waals surface area contributed by atoms with Gasteiger partial charge in [-0.05, 0) is 24.1 Å². The molecule has 0 aliphatic carbocycles. The van der Waals surface area contributed by atoms with Gasteiger partial charge in [0, 0.05) is 24.1 Å². The number of nitrogens with zero attached hydrogens (tertiary/aromatic N) is 1. The molecule has 0 saturated heterocycles. The monoisotopic (exact) mass is 305 g/mol. The quantitative estimate of drug-likeness (QED) is 0.863. The lowest BCUT2D eigenvalue weighted by Gasteiger charge is -2.08. The van der Waals surface area contributed by atoms with E-state index in [1.807, 2.05) is 24.3 Å². The van der Waals surface area contributed by atoms with Crippen molar-refractivity contribution in [1.82, 2.24) is 15.3 Å². The minimum atomic E-state index is -0.131. The first-order chi connectivity index (χ1) is 10.0. The van der Waals surface area contributed by atoms with Crippen LogP contribution in [0.25, 0.3) is 0 Å². The van der Waals surface area contributed by atoms with Crippen LogP contribution in [0.2, 0.25) is 5.02 Å². The van der Waals surface area contributed by atoms with E-state index < -0.39 is 0 Å². The molecule has 0 radical (unpaired) electrons. The van der Waals surface area contributed by atoms with E-state index in [9.17, 15) is 4.79 Å². The molecular weight excluding hydrogens is 286 g/mol. The molecule has 1 aromatic carbocycles. The summed E-state index contributed by atoms with van der Waals surface area (Å²) in [5.74, 6) is 1.20. The fraction of sp³-hybridized carbons (Fsp3) is 0.375. The number of aromatic nitrogens is 2. The molecule has 21 heavy (non-hydrogen) atoms. The third kappa shape index (κ3) is 4.99. The second kappa shape index (κ2) is 7.38. The molecule has 4 nitrogen and oxygen atoms in total. The predicted molar refractivity (Wildman–Crippen MR) is 85.7 cm³/mol. The molecule has 0 aliphatic heterocycles. The zero-order valence-corrected chi connectivity index (χ0v) is 13.1. The van der Waals surface area contributed by atoms with Gasteiger partial charge in [0.2, 0.25) is 0 Å². The summed E-state index contributed by atoms with van der Waals surface area (Å²) in [5, 5.41) is 3.97. The summed E-state index contributed by atoms with van der Waals surface area (Å²) in [6.07, 6.45) is 0.521. The van der Waals surface area contributed by atoms with Crippen molar-refractivity contribution in [2.45, 2.75) is 26.8 Å². The lowest BCUT2D eigenvalue weighted by Crippen LogP contribution is -2.22. The second-order valence-corrected chi connectivity index (χ2v) is 5.88. The summed E-state index contributed by atoms with van der Waals surface area (Å²) in [6.45, 7) is 5.77. The van der Waals surface area contributed by atoms with Crippen LogP contribution in [0.4, 0.5) is 0 Å². The lowest BCUT2D eigenvalue weighted by molar-refractivity contribution is 0.547. The molecule has 0 bridgehead atoms. The fourth-order valence-corrected chi connectivity index (χ4v) is 2.25. The van der Waals surface area contributed by atoms with Crippen molar-refractivity contribution < 1.29 is 0 Å². The van der Waals surface area contributed by atoms with Crippen LogP contribution in [0.5, 0.6) is 0 Å². The minimum Gasteiger partial charge on any atom is -0.311 e. The first-order valence-corrected chi connectivity index (χ1v) is 7.45. The number of hydrogen-bond acceptors (Lipinski definition) is 3. The van der Waals surface area contributed by atoms with E-state index in [2.05, 4.69) is 29.1 Å². The summed E-state index contributed by atoms with van der Waals surface area (Å²) >= 11 is 6.14. The van der Waals surface area contributed by atoms with Crippen molar-refractivity contribution in [3.05, 3.63) is 62.8 Å². The summed E-state index contributed by atoms with van der Waals surface area (Å²) in [5.41, 5.74) is 1.57. The molecule has 1 aromatic heterocycles. The average Bonchev–Trinajstić information content (AvgIpc) is 2.40. The first kappa shape index (κ1) is 15.7. The molecule has 1 heterocycles. The smallest absolute Gasteiger partial charge is 0.251 e. The van der Waals surface area contributed by atoms with Crippen LogP contribution in [0.1, 0.15) is 30.9 Å². The Morgan fingerprint density at radius 2 is 2.10 bits per heavy atom. The van der Waals surface area contributed by atoms with Crippen molar-refractivity contribution >= 4 is 11.6 Å². The summed E-state index contributed by atoms with van der Waals surface area (Å²) in [7, 11) is 0. The molecule has 0 unspecified atom stereocenters. The van der Waals surface area contributed by atoms with Crippen molar-refractivity contribution in [3.63, 3.8) is 0 Å². The van der Waals surface area contributed by atoms with Crippen molar-refractivity contribution in [3.8, 4) is 0 Å². The molecule has 0 amide bonds. The van der Waals surface area contributed by atoms with Crippen LogP contribution in [-0.4, -0.2) is 16.5 Å². The first-order valence-electron chi connectivity index (χ1n) is 7.08. The molecule has 112 valence electrons. The maximum Gasteiger partial charge on any atom is 0.251 e. The Hall–Kier alpha value is -1.65. The van der Waals surface area contributed by atoms with E-state index in [-0.39, 0.29) is 5.56 Å². The van der Waals surface area contributed by atoms with E-state index in [0.717, 1.165) is 17.8 Å². The highest BCUT2D eigenvalue weighted by atomic mass is 35.5. The third-order valence-electron chi connectivity index (χ3n) is 3.02. The van der Waals surface area contributed by atoms with Gasteiger partial charge in [-0.1, -0.05) is 43.6 Å². The maximum atomic E-state index is 11.7. The Kier molecular flexibility index (Phi) is 5.53. The molecule has 2 N–H and O–H groups in total. The van der Waals surface area contributed by atoms with E-state index in [4.69, 9.17) is 11.6 Å². The molecule has 0 saturated carbocycles. The molecule has 2 aromatic rings. The number of nitrogens with one attached hydrogen (secondary N) is 2. The van der Waals surface area contributed by atoms with Gasteiger partial charge >= 0.3 is 0 Å². The molecule has 2 rings (SSSR count). The number of rotatable bonds is 6. The number of H-pyrrole nitrogens is 1. The molecule has 0 fully saturated rings. The van der Waals surface area contributed by atoms with Gasteiger partial charge in [0.25, 0.3) is 5.56 Å². The Balaban J connectivity index is 2.12. The number of benzene rings is 1. The molecule has 0 aliphatic rings. The van der Waals surface area contributed by atoms with Crippen LogP contribution in [0, 0.1) is 5.92 Å². The molecular formula is C16H20ClN3O. The van der Waals surface area contributed by atoms with Gasteiger partial charge in [-0.3, -0.25) is 4.79 Å². The maximum absolute atomic E-state index is 11.7. The van der Waals surface area contributed by atoms with Crippen molar-refractivity contribution in [2.24, 2.45) is 5.92 Å². The van der Waals surface area contributed by atoms with Crippen LogP contribution in [-0.2, 0) is 13.0 Å². The minimum absolute atomic E-state index is 0.131. The lowest BCUT2D eigenvalue weighted by atomic mass is 10.1. The highest BCUT2D eigenvalue weighted by Crippen LogP contribution is 2.17. The zero-order valence-electron chi connectivity index (χ0n) is 12.3. The predicted octanol–water partition coefficient (Wildman–Crippen LogP) is 2.76. The fourth-order valence-electron chi connectivity index (χ4n) is 2.05. The summed E-state index contributed by atoms with van der Waals surface area (Å²) < 4.78 is 0. The van der Waals surface area contributed by atoms with Crippen LogP contribution >= 0.6 is 11.6 Å². The highest BCUT2D eigenvalue weighted by molar-refractivity contribution is 6.31. The Morgan fingerprint density at radius 1 is 1.33 bits per heavy atom. The van der Waals surface area contributed by atoms with E-state index >= 15 is 0 Å². The molecule has 0 atom stereocenters.